The maximum atomic E-state index is 13.3. The zero-order chi connectivity index (χ0) is 26.6. The molecule has 1 unspecified atom stereocenters. The normalized spacial score (nSPS) is 15.6. The van der Waals surface area contributed by atoms with Crippen LogP contribution in [0.25, 0.3) is 10.9 Å². The van der Waals surface area contributed by atoms with Gasteiger partial charge in [-0.2, -0.15) is 0 Å². The Hall–Kier alpha value is -3.12. The number of nitrogens with two attached hydrogens (primary N) is 3. The molecule has 0 saturated carbocycles. The van der Waals surface area contributed by atoms with E-state index in [1.165, 1.54) is 0 Å². The molecule has 0 aliphatic carbocycles. The van der Waals surface area contributed by atoms with Gasteiger partial charge in [-0.3, -0.25) is 19.4 Å². The highest BCUT2D eigenvalue weighted by Gasteiger charge is 2.27. The average molecular weight is 513 g/mol. The van der Waals surface area contributed by atoms with Crippen molar-refractivity contribution in [2.45, 2.75) is 44.2 Å². The van der Waals surface area contributed by atoms with Crippen molar-refractivity contribution in [1.29, 1.82) is 0 Å². The van der Waals surface area contributed by atoms with Crippen LogP contribution in [0.4, 0.5) is 5.69 Å². The SMILES string of the molecule is NCCN(CCN)C(=O)CC[C@H](N)C(=O)NC(CN1CCCCC1)C(=O)Nc1cnc2ccccc2c1. The molecule has 0 radical (unpaired) electrons. The minimum atomic E-state index is -0.930. The fourth-order valence-corrected chi connectivity index (χ4v) is 4.48. The van der Waals surface area contributed by atoms with Crippen LogP contribution in [0.3, 0.4) is 0 Å². The Morgan fingerprint density at radius 1 is 1.03 bits per heavy atom. The van der Waals surface area contributed by atoms with Gasteiger partial charge in [-0.25, -0.2) is 0 Å². The van der Waals surface area contributed by atoms with Gasteiger partial charge >= 0.3 is 0 Å². The number of piperidine rings is 1. The van der Waals surface area contributed by atoms with Crippen LogP contribution in [-0.2, 0) is 14.4 Å². The van der Waals surface area contributed by atoms with E-state index in [-0.39, 0.29) is 24.7 Å². The minimum absolute atomic E-state index is 0.0976. The van der Waals surface area contributed by atoms with Crippen LogP contribution in [-0.4, -0.2) is 90.4 Å². The smallest absolute Gasteiger partial charge is 0.248 e. The fraction of sp³-hybridized carbons (Fsp3) is 0.538. The summed E-state index contributed by atoms with van der Waals surface area (Å²) in [5.41, 5.74) is 18.7. The zero-order valence-electron chi connectivity index (χ0n) is 21.4. The van der Waals surface area contributed by atoms with Crippen molar-refractivity contribution in [2.24, 2.45) is 17.2 Å². The second-order valence-electron chi connectivity index (χ2n) is 9.43. The van der Waals surface area contributed by atoms with E-state index < -0.39 is 18.0 Å². The minimum Gasteiger partial charge on any atom is -0.342 e. The van der Waals surface area contributed by atoms with Gasteiger partial charge in [-0.1, -0.05) is 24.6 Å². The molecule has 1 aliphatic rings. The predicted molar refractivity (Wildman–Crippen MR) is 144 cm³/mol. The number of rotatable bonds is 13. The molecule has 2 aromatic rings. The Labute approximate surface area is 218 Å². The van der Waals surface area contributed by atoms with Gasteiger partial charge in [0.1, 0.15) is 6.04 Å². The third-order valence-corrected chi connectivity index (χ3v) is 6.54. The summed E-state index contributed by atoms with van der Waals surface area (Å²) in [5.74, 6) is -0.951. The lowest BCUT2D eigenvalue weighted by Gasteiger charge is -2.30. The van der Waals surface area contributed by atoms with Gasteiger partial charge in [0, 0.05) is 44.5 Å². The number of carbonyl (C=O) groups excluding carboxylic acids is 3. The third-order valence-electron chi connectivity index (χ3n) is 6.54. The fourth-order valence-electron chi connectivity index (χ4n) is 4.48. The number of amides is 3. The monoisotopic (exact) mass is 512 g/mol. The second kappa shape index (κ2) is 14.6. The molecule has 0 spiro atoms. The van der Waals surface area contributed by atoms with Crippen molar-refractivity contribution in [2.75, 3.05) is 51.1 Å². The van der Waals surface area contributed by atoms with Crippen molar-refractivity contribution in [3.8, 4) is 0 Å². The number of hydrogen-bond donors (Lipinski definition) is 5. The molecule has 1 aromatic heterocycles. The molecule has 37 heavy (non-hydrogen) atoms. The van der Waals surface area contributed by atoms with Crippen molar-refractivity contribution >= 4 is 34.3 Å². The van der Waals surface area contributed by atoms with Crippen molar-refractivity contribution in [1.82, 2.24) is 20.1 Å². The molecule has 11 heteroatoms. The summed E-state index contributed by atoms with van der Waals surface area (Å²) in [4.78, 5) is 46.9. The average Bonchev–Trinajstić information content (AvgIpc) is 2.91. The molecule has 8 N–H and O–H groups in total. The number of fused-ring (bicyclic) bond motifs is 1. The Kier molecular flexibility index (Phi) is 11.2. The highest BCUT2D eigenvalue weighted by molar-refractivity contribution is 5.99. The number of likely N-dealkylation sites (tertiary alicyclic amines) is 1. The lowest BCUT2D eigenvalue weighted by molar-refractivity contribution is -0.132. The van der Waals surface area contributed by atoms with E-state index in [2.05, 4.69) is 20.5 Å². The van der Waals surface area contributed by atoms with E-state index in [0.717, 1.165) is 43.3 Å². The molecular weight excluding hydrogens is 472 g/mol. The molecule has 3 rings (SSSR count). The van der Waals surface area contributed by atoms with Gasteiger partial charge in [0.15, 0.2) is 0 Å². The number of nitrogens with one attached hydrogen (secondary N) is 2. The number of hydrogen-bond acceptors (Lipinski definition) is 8. The van der Waals surface area contributed by atoms with Gasteiger partial charge in [0.25, 0.3) is 0 Å². The standard InChI is InChI=1S/C26H40N8O3/c27-10-14-34(15-11-28)24(35)9-8-21(29)25(36)32-23(18-33-12-4-1-5-13-33)26(37)31-20-16-19-6-2-3-7-22(19)30-17-20/h2-3,6-7,16-17,21,23H,1,4-5,8-15,18,27-29H2,(H,31,37)(H,32,36)/t21-,23?/m0/s1. The van der Waals surface area contributed by atoms with Gasteiger partial charge in [-0.15, -0.1) is 0 Å². The first-order chi connectivity index (χ1) is 17.9. The summed E-state index contributed by atoms with van der Waals surface area (Å²) in [6, 6.07) is 7.76. The summed E-state index contributed by atoms with van der Waals surface area (Å²) < 4.78 is 0. The van der Waals surface area contributed by atoms with Gasteiger partial charge < -0.3 is 37.6 Å². The van der Waals surface area contributed by atoms with E-state index >= 15 is 0 Å². The maximum absolute atomic E-state index is 13.3. The molecule has 202 valence electrons. The molecule has 2 heterocycles. The van der Waals surface area contributed by atoms with Crippen LogP contribution < -0.4 is 27.8 Å². The van der Waals surface area contributed by atoms with E-state index in [9.17, 15) is 14.4 Å². The van der Waals surface area contributed by atoms with Crippen LogP contribution >= 0.6 is 0 Å². The molecular formula is C26H40N8O3. The summed E-state index contributed by atoms with van der Waals surface area (Å²) in [5, 5.41) is 6.62. The van der Waals surface area contributed by atoms with Crippen molar-refractivity contribution < 1.29 is 14.4 Å². The largest absolute Gasteiger partial charge is 0.342 e. The van der Waals surface area contributed by atoms with Gasteiger partial charge in [-0.05, 0) is 44.5 Å². The first-order valence-electron chi connectivity index (χ1n) is 13.0. The first-order valence-corrected chi connectivity index (χ1v) is 13.0. The van der Waals surface area contributed by atoms with E-state index in [0.29, 0.717) is 38.4 Å². The first kappa shape index (κ1) is 28.5. The summed E-state index contributed by atoms with van der Waals surface area (Å²) in [7, 11) is 0. The Morgan fingerprint density at radius 3 is 2.43 bits per heavy atom. The van der Waals surface area contributed by atoms with E-state index in [4.69, 9.17) is 17.2 Å². The number of nitrogens with zero attached hydrogens (tertiary/aromatic N) is 3. The van der Waals surface area contributed by atoms with Crippen molar-refractivity contribution in [3.63, 3.8) is 0 Å². The number of carbonyl (C=O) groups is 3. The Balaban J connectivity index is 1.63. The number of anilines is 1. The zero-order valence-corrected chi connectivity index (χ0v) is 21.4. The number of pyridine rings is 1. The molecule has 1 saturated heterocycles. The molecule has 3 amide bonds. The van der Waals surface area contributed by atoms with Gasteiger partial charge in [0.05, 0.1) is 23.4 Å². The summed E-state index contributed by atoms with van der Waals surface area (Å²) in [6.45, 7) is 3.59. The molecule has 1 aromatic carbocycles. The Morgan fingerprint density at radius 2 is 1.73 bits per heavy atom. The highest BCUT2D eigenvalue weighted by Crippen LogP contribution is 2.17. The van der Waals surface area contributed by atoms with Crippen LogP contribution in [0, 0.1) is 0 Å². The molecule has 11 nitrogen and oxygen atoms in total. The topological polar surface area (TPSA) is 173 Å². The summed E-state index contributed by atoms with van der Waals surface area (Å²) in [6.07, 6.45) is 5.13. The van der Waals surface area contributed by atoms with E-state index in [1.807, 2.05) is 30.3 Å². The highest BCUT2D eigenvalue weighted by atomic mass is 16.2. The van der Waals surface area contributed by atoms with E-state index in [1.54, 1.807) is 11.1 Å². The number of para-hydroxylation sites is 1. The van der Waals surface area contributed by atoms with Crippen LogP contribution in [0.5, 0.6) is 0 Å². The second-order valence-corrected chi connectivity index (χ2v) is 9.43. The van der Waals surface area contributed by atoms with Crippen molar-refractivity contribution in [3.05, 3.63) is 36.5 Å². The Bertz CT molecular complexity index is 1040. The third kappa shape index (κ3) is 8.74. The van der Waals surface area contributed by atoms with Gasteiger partial charge in [0.2, 0.25) is 17.7 Å². The molecule has 1 fully saturated rings. The molecule has 0 bridgehead atoms. The molecule has 1 aliphatic heterocycles. The van der Waals surface area contributed by atoms with Crippen LogP contribution in [0.2, 0.25) is 0 Å². The quantitative estimate of drug-likeness (QED) is 0.249. The molecule has 2 atom stereocenters. The number of aromatic nitrogens is 1. The predicted octanol–water partition coefficient (Wildman–Crippen LogP) is -0.00250. The summed E-state index contributed by atoms with van der Waals surface area (Å²) >= 11 is 0. The lowest BCUT2D eigenvalue weighted by atomic mass is 10.1. The van der Waals surface area contributed by atoms with Crippen LogP contribution in [0.15, 0.2) is 36.5 Å². The number of benzene rings is 1. The lowest BCUT2D eigenvalue weighted by Crippen LogP contribution is -2.55. The van der Waals surface area contributed by atoms with Crippen LogP contribution in [0.1, 0.15) is 32.1 Å². The maximum Gasteiger partial charge on any atom is 0.248 e.